The molecule has 0 aliphatic heterocycles. The molecule has 0 fully saturated rings. The molecule has 0 bridgehead atoms. The van der Waals surface area contributed by atoms with Crippen molar-refractivity contribution in [3.05, 3.63) is 0 Å². The maximum absolute atomic E-state index is 10.2. The molecule has 0 amide bonds. The van der Waals surface area contributed by atoms with Gasteiger partial charge in [-0.25, -0.2) is 0 Å². The molecule has 0 aromatic carbocycles. The minimum absolute atomic E-state index is 0.131. The van der Waals surface area contributed by atoms with Crippen LogP contribution in [-0.2, 0) is 4.79 Å². The molecule has 0 aromatic heterocycles. The molecular weight excluding hydrogens is 240 g/mol. The van der Waals surface area contributed by atoms with Gasteiger partial charge in [0.1, 0.15) is 0 Å². The van der Waals surface area contributed by atoms with Gasteiger partial charge in [0.25, 0.3) is 0 Å². The van der Waals surface area contributed by atoms with E-state index in [1.807, 2.05) is 0 Å². The van der Waals surface area contributed by atoms with Crippen molar-refractivity contribution in [3.63, 3.8) is 0 Å². The number of rotatable bonds is 11. The molecule has 0 unspecified atom stereocenters. The third kappa shape index (κ3) is 15.6. The fourth-order valence-corrected chi connectivity index (χ4v) is 2.42. The Labute approximate surface area is 103 Å². The number of hydrogen-bond donors (Lipinski definition) is 4. The molecule has 0 aromatic rings. The zero-order chi connectivity index (χ0) is 13.1. The van der Waals surface area contributed by atoms with Gasteiger partial charge in [0.15, 0.2) is 0 Å². The topological polar surface area (TPSA) is 98.0 Å². The van der Waals surface area contributed by atoms with Crippen molar-refractivity contribution in [1.82, 2.24) is 0 Å². The maximum Gasteiger partial charge on any atom is 0.492 e. The van der Waals surface area contributed by atoms with Crippen LogP contribution in [0.4, 0.5) is 0 Å². The Morgan fingerprint density at radius 3 is 1.59 bits per heavy atom. The summed E-state index contributed by atoms with van der Waals surface area (Å²) in [6.45, 7) is 0. The van der Waals surface area contributed by atoms with Crippen LogP contribution in [0.2, 0.25) is 6.04 Å². The van der Waals surface area contributed by atoms with Gasteiger partial charge in [-0.15, -0.1) is 0 Å². The number of carboxylic acid groups (broad SMARTS) is 1. The molecule has 0 heterocycles. The highest BCUT2D eigenvalue weighted by Crippen LogP contribution is 2.12. The molecule has 0 spiro atoms. The quantitative estimate of drug-likeness (QED) is 0.335. The van der Waals surface area contributed by atoms with Gasteiger partial charge in [0, 0.05) is 12.5 Å². The van der Waals surface area contributed by atoms with E-state index in [0.29, 0.717) is 6.42 Å². The van der Waals surface area contributed by atoms with Gasteiger partial charge >= 0.3 is 14.8 Å². The third-order valence-corrected chi connectivity index (χ3v) is 3.68. The van der Waals surface area contributed by atoms with Crippen LogP contribution in [0.1, 0.15) is 57.8 Å². The highest BCUT2D eigenvalue weighted by atomic mass is 28.4. The average Bonchev–Trinajstić information content (AvgIpc) is 2.18. The SMILES string of the molecule is O=C(O)CCCCCCCCCC[Si](O)(O)O. The molecule has 0 saturated heterocycles. The van der Waals surface area contributed by atoms with Crippen LogP contribution < -0.4 is 0 Å². The van der Waals surface area contributed by atoms with Crippen LogP contribution in [0.5, 0.6) is 0 Å². The first kappa shape index (κ1) is 16.6. The minimum Gasteiger partial charge on any atom is -0.481 e. The standard InChI is InChI=1S/C11H24O5Si/c12-11(13)9-7-5-3-1-2-4-6-8-10-17(14,15)16/h14-16H,1-10H2,(H,12,13). The lowest BCUT2D eigenvalue weighted by Crippen LogP contribution is -2.33. The van der Waals surface area contributed by atoms with E-state index in [0.717, 1.165) is 44.9 Å². The third-order valence-electron chi connectivity index (χ3n) is 2.65. The summed E-state index contributed by atoms with van der Waals surface area (Å²) in [5, 5.41) is 8.42. The number of carbonyl (C=O) groups is 1. The van der Waals surface area contributed by atoms with Crippen LogP contribution in [0, 0.1) is 0 Å². The Hall–Kier alpha value is -0.433. The van der Waals surface area contributed by atoms with Crippen molar-refractivity contribution >= 4 is 14.8 Å². The van der Waals surface area contributed by atoms with Crippen molar-refractivity contribution in [1.29, 1.82) is 0 Å². The maximum atomic E-state index is 10.2. The van der Waals surface area contributed by atoms with E-state index in [9.17, 15) is 4.79 Å². The number of unbranched alkanes of at least 4 members (excludes halogenated alkanes) is 7. The van der Waals surface area contributed by atoms with Crippen molar-refractivity contribution in [2.75, 3.05) is 0 Å². The van der Waals surface area contributed by atoms with Gasteiger partial charge in [0.2, 0.25) is 0 Å². The summed E-state index contributed by atoms with van der Waals surface area (Å²) in [5.41, 5.74) is 0. The van der Waals surface area contributed by atoms with Crippen LogP contribution in [-0.4, -0.2) is 34.3 Å². The van der Waals surface area contributed by atoms with Crippen LogP contribution in [0.15, 0.2) is 0 Å². The van der Waals surface area contributed by atoms with E-state index < -0.39 is 14.8 Å². The van der Waals surface area contributed by atoms with E-state index in [2.05, 4.69) is 0 Å². The zero-order valence-electron chi connectivity index (χ0n) is 10.3. The Morgan fingerprint density at radius 2 is 1.18 bits per heavy atom. The second-order valence-corrected chi connectivity index (χ2v) is 6.55. The molecule has 0 atom stereocenters. The van der Waals surface area contributed by atoms with E-state index >= 15 is 0 Å². The van der Waals surface area contributed by atoms with Crippen molar-refractivity contribution in [2.45, 2.75) is 63.8 Å². The first-order valence-corrected chi connectivity index (χ1v) is 8.35. The normalized spacial score (nSPS) is 11.7. The highest BCUT2D eigenvalue weighted by Gasteiger charge is 2.25. The number of hydrogen-bond acceptors (Lipinski definition) is 4. The van der Waals surface area contributed by atoms with Gasteiger partial charge < -0.3 is 19.5 Å². The second-order valence-electron chi connectivity index (χ2n) is 4.50. The van der Waals surface area contributed by atoms with Gasteiger partial charge in [-0.2, -0.15) is 0 Å². The Bertz CT molecular complexity index is 203. The molecular formula is C11H24O5Si. The summed E-state index contributed by atoms with van der Waals surface area (Å²) in [4.78, 5) is 36.5. The van der Waals surface area contributed by atoms with Gasteiger partial charge in [-0.3, -0.25) is 4.79 Å². The molecule has 0 aliphatic rings. The summed E-state index contributed by atoms with van der Waals surface area (Å²) < 4.78 is 0. The zero-order valence-corrected chi connectivity index (χ0v) is 11.3. The van der Waals surface area contributed by atoms with Gasteiger partial charge in [0.05, 0.1) is 0 Å². The van der Waals surface area contributed by atoms with E-state index in [-0.39, 0.29) is 12.5 Å². The highest BCUT2D eigenvalue weighted by molar-refractivity contribution is 6.56. The average molecular weight is 264 g/mol. The second kappa shape index (κ2) is 9.58. The molecule has 0 saturated carbocycles. The lowest BCUT2D eigenvalue weighted by molar-refractivity contribution is -0.137. The number of aliphatic carboxylic acids is 1. The van der Waals surface area contributed by atoms with E-state index in [4.69, 9.17) is 19.5 Å². The molecule has 102 valence electrons. The molecule has 0 rings (SSSR count). The Balaban J connectivity index is 3.06. The first-order chi connectivity index (χ1) is 7.92. The molecule has 6 heteroatoms. The fraction of sp³-hybridized carbons (Fsp3) is 0.909. The molecule has 4 N–H and O–H groups in total. The number of carboxylic acids is 1. The lowest BCUT2D eigenvalue weighted by atomic mass is 10.1. The summed E-state index contributed by atoms with van der Waals surface area (Å²) in [6, 6.07) is 0.131. The summed E-state index contributed by atoms with van der Waals surface area (Å²) >= 11 is 0. The van der Waals surface area contributed by atoms with Crippen molar-refractivity contribution in [2.24, 2.45) is 0 Å². The Kier molecular flexibility index (Phi) is 9.34. The summed E-state index contributed by atoms with van der Waals surface area (Å²) in [6.07, 6.45) is 7.82. The molecule has 5 nitrogen and oxygen atoms in total. The van der Waals surface area contributed by atoms with E-state index in [1.165, 1.54) is 0 Å². The van der Waals surface area contributed by atoms with Gasteiger partial charge in [-0.05, 0) is 12.8 Å². The predicted octanol–water partition coefficient (Wildman–Crippen LogP) is 1.50. The smallest absolute Gasteiger partial charge is 0.481 e. The fourth-order valence-electron chi connectivity index (χ4n) is 1.70. The minimum atomic E-state index is -3.81. The van der Waals surface area contributed by atoms with Crippen LogP contribution in [0.25, 0.3) is 0 Å². The largest absolute Gasteiger partial charge is 0.492 e. The van der Waals surface area contributed by atoms with Crippen molar-refractivity contribution in [3.8, 4) is 0 Å². The van der Waals surface area contributed by atoms with Crippen LogP contribution in [0.3, 0.4) is 0 Å². The lowest BCUT2D eigenvalue weighted by Gasteiger charge is -2.08. The Morgan fingerprint density at radius 1 is 0.765 bits per heavy atom. The molecule has 17 heavy (non-hydrogen) atoms. The monoisotopic (exact) mass is 264 g/mol. The molecule has 0 radical (unpaired) electrons. The van der Waals surface area contributed by atoms with Gasteiger partial charge in [-0.1, -0.05) is 38.5 Å². The molecule has 0 aliphatic carbocycles. The van der Waals surface area contributed by atoms with E-state index in [1.54, 1.807) is 0 Å². The van der Waals surface area contributed by atoms with Crippen molar-refractivity contribution < 1.29 is 24.3 Å². The summed E-state index contributed by atoms with van der Waals surface area (Å²) in [7, 11) is -3.81. The predicted molar refractivity (Wildman–Crippen MR) is 66.4 cm³/mol. The van der Waals surface area contributed by atoms with Crippen LogP contribution >= 0.6 is 0 Å². The summed E-state index contributed by atoms with van der Waals surface area (Å²) in [5.74, 6) is -0.727. The first-order valence-electron chi connectivity index (χ1n) is 6.31.